The van der Waals surface area contributed by atoms with Gasteiger partial charge in [0.15, 0.2) is 0 Å². The van der Waals surface area contributed by atoms with Crippen molar-refractivity contribution in [1.82, 2.24) is 0 Å². The maximum Gasteiger partial charge on any atom is 0.308 e. The van der Waals surface area contributed by atoms with Crippen LogP contribution >= 0.6 is 0 Å². The van der Waals surface area contributed by atoms with Gasteiger partial charge in [-0.3, -0.25) is 19.7 Å². The predicted octanol–water partition coefficient (Wildman–Crippen LogP) is 1.14. The summed E-state index contributed by atoms with van der Waals surface area (Å²) < 4.78 is 10.5. The molecule has 7 nitrogen and oxygen atoms in total. The van der Waals surface area contributed by atoms with Gasteiger partial charge in [0.1, 0.15) is 12.2 Å². The van der Waals surface area contributed by atoms with Crippen LogP contribution in [-0.4, -0.2) is 23.6 Å². The van der Waals surface area contributed by atoms with E-state index in [9.17, 15) is 14.4 Å². The minimum atomic E-state index is -0.786. The molecule has 0 radical (unpaired) electrons. The summed E-state index contributed by atoms with van der Waals surface area (Å²) in [6, 6.07) is 3.51. The van der Waals surface area contributed by atoms with E-state index in [1.807, 2.05) is 0 Å². The summed E-state index contributed by atoms with van der Waals surface area (Å²) in [7, 11) is 0. The third-order valence-electron chi connectivity index (χ3n) is 3.71. The lowest BCUT2D eigenvalue weighted by molar-refractivity contribution is -0.132. The van der Waals surface area contributed by atoms with Crippen LogP contribution in [0.2, 0.25) is 0 Å². The van der Waals surface area contributed by atoms with Crippen LogP contribution in [0.25, 0.3) is 11.0 Å². The second-order valence-corrected chi connectivity index (χ2v) is 5.36. The van der Waals surface area contributed by atoms with Crippen LogP contribution in [0.1, 0.15) is 24.5 Å². The third-order valence-corrected chi connectivity index (χ3v) is 3.71. The standard InChI is InChI=1S/C16H15NO6/c1-8(19)22-15-14(21)11-5-9-3-2-4-10(9)6-12(11)23-16(15)17-13(20)7-18/h5-6,18H,2-4,7H2,1H3,(H,17,20). The van der Waals surface area contributed by atoms with E-state index >= 15 is 0 Å². The van der Waals surface area contributed by atoms with E-state index in [0.717, 1.165) is 37.3 Å². The number of ether oxygens (including phenoxy) is 1. The maximum absolute atomic E-state index is 12.6. The zero-order valence-electron chi connectivity index (χ0n) is 12.5. The average molecular weight is 317 g/mol. The molecule has 0 atom stereocenters. The van der Waals surface area contributed by atoms with E-state index < -0.39 is 23.9 Å². The number of carbonyl (C=O) groups is 2. The molecule has 2 N–H and O–H groups in total. The molecular weight excluding hydrogens is 302 g/mol. The Balaban J connectivity index is 2.22. The lowest BCUT2D eigenvalue weighted by Gasteiger charge is -2.10. The van der Waals surface area contributed by atoms with Gasteiger partial charge in [0, 0.05) is 6.92 Å². The quantitative estimate of drug-likeness (QED) is 0.822. The molecule has 1 aliphatic carbocycles. The van der Waals surface area contributed by atoms with Gasteiger partial charge in [0.05, 0.1) is 5.39 Å². The number of anilines is 1. The summed E-state index contributed by atoms with van der Waals surface area (Å²) in [5.41, 5.74) is 1.94. The summed E-state index contributed by atoms with van der Waals surface area (Å²) in [4.78, 5) is 35.2. The van der Waals surface area contributed by atoms with Gasteiger partial charge in [0.25, 0.3) is 5.91 Å². The first-order valence-corrected chi connectivity index (χ1v) is 7.21. The third kappa shape index (κ3) is 2.83. The SMILES string of the molecule is CC(=O)Oc1c(NC(=O)CO)oc2cc3c(cc2c1=O)CCC3. The highest BCUT2D eigenvalue weighted by Gasteiger charge is 2.22. The van der Waals surface area contributed by atoms with E-state index in [0.29, 0.717) is 11.0 Å². The van der Waals surface area contributed by atoms with Crippen LogP contribution in [0.4, 0.5) is 5.88 Å². The molecule has 0 fully saturated rings. The van der Waals surface area contributed by atoms with Gasteiger partial charge < -0.3 is 14.3 Å². The summed E-state index contributed by atoms with van der Waals surface area (Å²) >= 11 is 0. The fourth-order valence-corrected chi connectivity index (χ4v) is 2.73. The van der Waals surface area contributed by atoms with Crippen LogP contribution in [0.5, 0.6) is 5.75 Å². The van der Waals surface area contributed by atoms with Gasteiger partial charge in [-0.05, 0) is 42.5 Å². The molecule has 2 aromatic rings. The Morgan fingerprint density at radius 1 is 1.30 bits per heavy atom. The number of nitrogens with one attached hydrogen (secondary N) is 1. The Morgan fingerprint density at radius 2 is 2.00 bits per heavy atom. The van der Waals surface area contributed by atoms with Gasteiger partial charge in [-0.2, -0.15) is 0 Å². The maximum atomic E-state index is 12.6. The van der Waals surface area contributed by atoms with Crippen LogP contribution in [-0.2, 0) is 22.4 Å². The first-order chi connectivity index (χ1) is 11.0. The molecule has 1 heterocycles. The van der Waals surface area contributed by atoms with Crippen molar-refractivity contribution in [2.75, 3.05) is 11.9 Å². The highest BCUT2D eigenvalue weighted by atomic mass is 16.5. The molecule has 0 saturated carbocycles. The number of carbonyl (C=O) groups excluding carboxylic acids is 2. The smallest absolute Gasteiger partial charge is 0.308 e. The highest BCUT2D eigenvalue weighted by molar-refractivity contribution is 5.93. The van der Waals surface area contributed by atoms with Crippen molar-refractivity contribution >= 4 is 28.7 Å². The number of aliphatic hydroxyl groups excluding tert-OH is 1. The molecule has 120 valence electrons. The molecule has 1 aromatic carbocycles. The van der Waals surface area contributed by atoms with Crippen LogP contribution < -0.4 is 15.5 Å². The lowest BCUT2D eigenvalue weighted by atomic mass is 10.1. The fourth-order valence-electron chi connectivity index (χ4n) is 2.73. The van der Waals surface area contributed by atoms with Crippen molar-refractivity contribution in [3.8, 4) is 5.75 Å². The van der Waals surface area contributed by atoms with Gasteiger partial charge in [-0.25, -0.2) is 0 Å². The molecule has 0 unspecified atom stereocenters. The van der Waals surface area contributed by atoms with E-state index in [1.54, 1.807) is 12.1 Å². The number of amides is 1. The molecule has 23 heavy (non-hydrogen) atoms. The van der Waals surface area contributed by atoms with E-state index in [2.05, 4.69) is 5.32 Å². The van der Waals surface area contributed by atoms with Crippen molar-refractivity contribution in [1.29, 1.82) is 0 Å². The number of fused-ring (bicyclic) bond motifs is 2. The van der Waals surface area contributed by atoms with Crippen molar-refractivity contribution in [2.24, 2.45) is 0 Å². The normalized spacial score (nSPS) is 13.0. The summed E-state index contributed by atoms with van der Waals surface area (Å²) in [5, 5.41) is 11.4. The average Bonchev–Trinajstić information content (AvgIpc) is 2.96. The lowest BCUT2D eigenvalue weighted by Crippen LogP contribution is -2.20. The second-order valence-electron chi connectivity index (χ2n) is 5.36. The number of aryl methyl sites for hydroxylation is 2. The highest BCUT2D eigenvalue weighted by Crippen LogP contribution is 2.31. The Bertz CT molecular complexity index is 867. The monoisotopic (exact) mass is 317 g/mol. The number of benzene rings is 1. The largest absolute Gasteiger partial charge is 0.436 e. The first-order valence-electron chi connectivity index (χ1n) is 7.21. The number of aliphatic hydroxyl groups is 1. The van der Waals surface area contributed by atoms with E-state index in [4.69, 9.17) is 14.3 Å². The molecule has 7 heteroatoms. The molecule has 0 saturated heterocycles. The van der Waals surface area contributed by atoms with E-state index in [-0.39, 0.29) is 11.6 Å². The number of hydrogen-bond acceptors (Lipinski definition) is 6. The van der Waals surface area contributed by atoms with Crippen LogP contribution in [0, 0.1) is 0 Å². The molecule has 0 bridgehead atoms. The first kappa shape index (κ1) is 15.2. The van der Waals surface area contributed by atoms with Gasteiger partial charge >= 0.3 is 5.97 Å². The zero-order valence-corrected chi connectivity index (χ0v) is 12.5. The Labute approximate surface area is 130 Å². The van der Waals surface area contributed by atoms with E-state index in [1.165, 1.54) is 0 Å². The molecular formula is C16H15NO6. The zero-order chi connectivity index (χ0) is 16.6. The van der Waals surface area contributed by atoms with Crippen molar-refractivity contribution < 1.29 is 23.8 Å². The Kier molecular flexibility index (Phi) is 3.87. The number of esters is 1. The molecule has 3 rings (SSSR count). The van der Waals surface area contributed by atoms with Crippen molar-refractivity contribution in [3.05, 3.63) is 33.5 Å². The van der Waals surface area contributed by atoms with Crippen LogP contribution in [0.3, 0.4) is 0 Å². The topological polar surface area (TPSA) is 106 Å². The van der Waals surface area contributed by atoms with Gasteiger partial charge in [-0.15, -0.1) is 0 Å². The minimum absolute atomic E-state index is 0.283. The van der Waals surface area contributed by atoms with Gasteiger partial charge in [-0.1, -0.05) is 0 Å². The molecule has 0 spiro atoms. The summed E-state index contributed by atoms with van der Waals surface area (Å²) in [6.07, 6.45) is 2.79. The number of hydrogen-bond donors (Lipinski definition) is 2. The second kappa shape index (κ2) is 5.85. The van der Waals surface area contributed by atoms with Crippen LogP contribution in [0.15, 0.2) is 21.3 Å². The molecule has 1 amide bonds. The molecule has 0 aliphatic heterocycles. The predicted molar refractivity (Wildman–Crippen MR) is 81.5 cm³/mol. The molecule has 1 aromatic heterocycles. The Hall–Kier alpha value is -2.67. The minimum Gasteiger partial charge on any atom is -0.436 e. The fraction of sp³-hybridized carbons (Fsp3) is 0.312. The van der Waals surface area contributed by atoms with Gasteiger partial charge in [0.2, 0.25) is 17.1 Å². The van der Waals surface area contributed by atoms with Crippen molar-refractivity contribution in [3.63, 3.8) is 0 Å². The number of rotatable bonds is 3. The van der Waals surface area contributed by atoms with Crippen molar-refractivity contribution in [2.45, 2.75) is 26.2 Å². The summed E-state index contributed by atoms with van der Waals surface area (Å²) in [6.45, 7) is 0.357. The molecule has 1 aliphatic rings. The Morgan fingerprint density at radius 3 is 2.65 bits per heavy atom. The summed E-state index contributed by atoms with van der Waals surface area (Å²) in [5.74, 6) is -2.15.